The quantitative estimate of drug-likeness (QED) is 0.0861. The van der Waals surface area contributed by atoms with Crippen molar-refractivity contribution in [1.29, 1.82) is 0 Å². The van der Waals surface area contributed by atoms with Gasteiger partial charge in [0.15, 0.2) is 6.10 Å². The summed E-state index contributed by atoms with van der Waals surface area (Å²) in [6.07, 6.45) is -3.82. The third-order valence-electron chi connectivity index (χ3n) is 10.4. The Labute approximate surface area is 346 Å². The zero-order valence-corrected chi connectivity index (χ0v) is 34.1. The molecule has 59 heavy (non-hydrogen) atoms. The highest BCUT2D eigenvalue weighted by molar-refractivity contribution is 5.38. The monoisotopic (exact) mass is 800 g/mol. The van der Waals surface area contributed by atoms with Crippen LogP contribution in [0.5, 0.6) is 5.88 Å². The van der Waals surface area contributed by atoms with Gasteiger partial charge in [-0.1, -0.05) is 133 Å². The second-order valence-electron chi connectivity index (χ2n) is 15.3. The van der Waals surface area contributed by atoms with E-state index in [-0.39, 0.29) is 50.6 Å². The Morgan fingerprint density at radius 1 is 0.695 bits per heavy atom. The van der Waals surface area contributed by atoms with E-state index in [4.69, 9.17) is 33.5 Å². The molecule has 1 aromatic heterocycles. The zero-order valence-electron chi connectivity index (χ0n) is 34.1. The van der Waals surface area contributed by atoms with Crippen molar-refractivity contribution < 1.29 is 37.9 Å². The van der Waals surface area contributed by atoms with Crippen LogP contribution in [-0.2, 0) is 56.5 Å². The van der Waals surface area contributed by atoms with Gasteiger partial charge < -0.3 is 33.5 Å². The number of halogens is 1. The van der Waals surface area contributed by atoms with Crippen LogP contribution in [0.25, 0.3) is 0 Å². The van der Waals surface area contributed by atoms with Gasteiger partial charge >= 0.3 is 5.97 Å². The van der Waals surface area contributed by atoms with E-state index < -0.39 is 30.4 Å². The maximum absolute atomic E-state index is 15.4. The van der Waals surface area contributed by atoms with E-state index in [2.05, 4.69) is 0 Å². The van der Waals surface area contributed by atoms with Crippen molar-refractivity contribution in [2.75, 3.05) is 6.61 Å². The van der Waals surface area contributed by atoms with E-state index >= 15 is 4.39 Å². The molecule has 5 atom stereocenters. The van der Waals surface area contributed by atoms with Gasteiger partial charge in [-0.05, 0) is 67.1 Å². The van der Waals surface area contributed by atoms with Gasteiger partial charge in [-0.3, -0.25) is 4.68 Å². The molecule has 0 spiro atoms. The first-order valence-corrected chi connectivity index (χ1v) is 20.2. The molecule has 0 saturated carbocycles. The number of hydrogen-bond donors (Lipinski definition) is 1. The minimum Gasteiger partial charge on any atom is -0.417 e. The molecule has 1 fully saturated rings. The van der Waals surface area contributed by atoms with E-state index in [0.717, 1.165) is 33.5 Å². The van der Waals surface area contributed by atoms with Gasteiger partial charge in [0, 0.05) is 23.7 Å². The largest absolute Gasteiger partial charge is 0.417 e. The van der Waals surface area contributed by atoms with E-state index in [1.54, 1.807) is 10.7 Å². The van der Waals surface area contributed by atoms with Crippen LogP contribution in [0, 0.1) is 19.7 Å². The average Bonchev–Trinajstić information content (AvgIpc) is 3.55. The number of hydrogen-bond acceptors (Lipinski definition) is 8. The third kappa shape index (κ3) is 10.7. The third-order valence-corrected chi connectivity index (χ3v) is 10.4. The molecular formula is C49H53FN2O7. The number of ether oxygens (including phenoxy) is 6. The van der Waals surface area contributed by atoms with Crippen molar-refractivity contribution in [2.24, 2.45) is 0 Å². The van der Waals surface area contributed by atoms with Crippen molar-refractivity contribution in [3.63, 3.8) is 0 Å². The van der Waals surface area contributed by atoms with Gasteiger partial charge in [0.2, 0.25) is 5.88 Å². The van der Waals surface area contributed by atoms with Crippen LogP contribution >= 0.6 is 0 Å². The van der Waals surface area contributed by atoms with Gasteiger partial charge in [0.05, 0.1) is 33.0 Å². The predicted octanol–water partition coefficient (Wildman–Crippen LogP) is 9.21. The number of aryl methyl sites for hydroxylation is 1. The highest BCUT2D eigenvalue weighted by Crippen LogP contribution is 2.39. The highest BCUT2D eigenvalue weighted by Gasteiger charge is 2.59. The molecule has 1 aliphatic rings. The molecule has 7 rings (SSSR count). The number of aliphatic hydroxyl groups is 1. The minimum atomic E-state index is -2.49. The minimum absolute atomic E-state index is 0.0114. The molecule has 6 aromatic rings. The molecule has 0 radical (unpaired) electrons. The van der Waals surface area contributed by atoms with Crippen molar-refractivity contribution in [3.05, 3.63) is 190 Å². The first-order chi connectivity index (χ1) is 28.7. The lowest BCUT2D eigenvalue weighted by Gasteiger charge is -2.49. The Balaban J connectivity index is 1.30. The van der Waals surface area contributed by atoms with Crippen LogP contribution in [0.2, 0.25) is 0 Å². The second kappa shape index (κ2) is 19.7. The number of aromatic nitrogens is 2. The summed E-state index contributed by atoms with van der Waals surface area (Å²) in [5.41, 5.74) is 6.33. The van der Waals surface area contributed by atoms with Crippen molar-refractivity contribution in [2.45, 2.75) is 97.0 Å². The molecule has 0 bridgehead atoms. The summed E-state index contributed by atoms with van der Waals surface area (Å²) in [4.78, 5) is 0. The Hall–Kier alpha value is -5.20. The molecule has 1 N–H and O–H groups in total. The van der Waals surface area contributed by atoms with Crippen LogP contribution in [0.3, 0.4) is 0 Å². The molecule has 2 heterocycles. The second-order valence-corrected chi connectivity index (χ2v) is 15.3. The maximum atomic E-state index is 15.4. The summed E-state index contributed by atoms with van der Waals surface area (Å²) in [7, 11) is 0. The van der Waals surface area contributed by atoms with Gasteiger partial charge in [0.1, 0.15) is 24.1 Å². The van der Waals surface area contributed by atoms with E-state index in [1.165, 1.54) is 6.07 Å². The summed E-state index contributed by atoms with van der Waals surface area (Å²) in [5.74, 6) is -2.75. The van der Waals surface area contributed by atoms with Gasteiger partial charge in [-0.15, -0.1) is 5.10 Å². The van der Waals surface area contributed by atoms with Crippen molar-refractivity contribution >= 4 is 0 Å². The molecule has 1 saturated heterocycles. The van der Waals surface area contributed by atoms with Crippen molar-refractivity contribution in [3.8, 4) is 5.88 Å². The van der Waals surface area contributed by atoms with Crippen LogP contribution in [0.4, 0.5) is 4.39 Å². The van der Waals surface area contributed by atoms with Crippen molar-refractivity contribution in [1.82, 2.24) is 9.78 Å². The topological polar surface area (TPSA) is 93.4 Å². The molecule has 10 heteroatoms. The Morgan fingerprint density at radius 3 is 1.73 bits per heavy atom. The number of nitrogens with zero attached hydrogens (tertiary/aromatic N) is 2. The van der Waals surface area contributed by atoms with Gasteiger partial charge in [-0.2, -0.15) is 0 Å². The standard InChI is InChI=1S/C49H53FN2O7/c1-34(2)52-36(4)42(28-41-26-25-35(3)27-43(41)50)48(51-52)59-49(53)47(57-32-40-23-15-8-16-24-40)46(56-31-39-21-13-7-14-22-39)45(55-30-38-19-11-6-12-20-38)44(58-49)33-54-29-37-17-9-5-10-18-37/h5-27,34,44-47,53H,28-33H2,1-4H3/t44-,45-,46+,47-,49+/m1/s1. The van der Waals surface area contributed by atoms with Gasteiger partial charge in [-0.25, -0.2) is 4.39 Å². The first-order valence-electron chi connectivity index (χ1n) is 20.2. The zero-order chi connectivity index (χ0) is 41.2. The highest BCUT2D eigenvalue weighted by atomic mass is 19.1. The Bertz CT molecular complexity index is 2200. The van der Waals surface area contributed by atoms with Crippen LogP contribution in [-0.4, -0.2) is 51.9 Å². The summed E-state index contributed by atoms with van der Waals surface area (Å²) in [6, 6.07) is 44.2. The molecular weight excluding hydrogens is 748 g/mol. The Kier molecular flexibility index (Phi) is 14.0. The smallest absolute Gasteiger partial charge is 0.356 e. The summed E-state index contributed by atoms with van der Waals surface area (Å²) < 4.78 is 57.2. The molecule has 0 unspecified atom stereocenters. The fraction of sp³-hybridized carbons (Fsp3) is 0.327. The molecule has 0 amide bonds. The lowest BCUT2D eigenvalue weighted by molar-refractivity contribution is -0.436. The fourth-order valence-corrected chi connectivity index (χ4v) is 7.34. The summed E-state index contributed by atoms with van der Waals surface area (Å²) >= 11 is 0. The van der Waals surface area contributed by atoms with Crippen LogP contribution in [0.15, 0.2) is 140 Å². The first kappa shape index (κ1) is 41.9. The average molecular weight is 801 g/mol. The van der Waals surface area contributed by atoms with E-state index in [1.807, 2.05) is 155 Å². The van der Waals surface area contributed by atoms with Gasteiger partial charge in [0.25, 0.3) is 0 Å². The lowest BCUT2D eigenvalue weighted by Crippen LogP contribution is -2.69. The molecule has 5 aromatic carbocycles. The molecule has 1 aliphatic heterocycles. The Morgan fingerprint density at radius 2 is 1.20 bits per heavy atom. The normalized spacial score (nSPS) is 20.5. The lowest BCUT2D eigenvalue weighted by atomic mass is 9.96. The van der Waals surface area contributed by atoms with Crippen LogP contribution < -0.4 is 4.74 Å². The molecule has 308 valence electrons. The SMILES string of the molecule is Cc1ccc(Cc2c(O[C@@]3(O)O[C@H](COCc4ccccc4)[C@@H](OCc4ccccc4)[C@H](OCc4ccccc4)[C@H]3OCc3ccccc3)nn(C(C)C)c2C)c(F)c1. The fourth-order valence-electron chi connectivity index (χ4n) is 7.34. The van der Waals surface area contributed by atoms with E-state index in [9.17, 15) is 5.11 Å². The number of rotatable bonds is 18. The van der Waals surface area contributed by atoms with E-state index in [0.29, 0.717) is 17.7 Å². The summed E-state index contributed by atoms with van der Waals surface area (Å²) in [6.45, 7) is 8.56. The summed E-state index contributed by atoms with van der Waals surface area (Å²) in [5, 5.41) is 17.9. The predicted molar refractivity (Wildman–Crippen MR) is 223 cm³/mol. The maximum Gasteiger partial charge on any atom is 0.356 e. The van der Waals surface area contributed by atoms with Crippen LogP contribution in [0.1, 0.15) is 64.5 Å². The molecule has 9 nitrogen and oxygen atoms in total. The number of benzene rings is 5. The molecule has 0 aliphatic carbocycles.